The maximum Gasteiger partial charge on any atom is 0.311 e. The second kappa shape index (κ2) is 4.50. The van der Waals surface area contributed by atoms with Crippen molar-refractivity contribution in [2.24, 2.45) is 0 Å². The summed E-state index contributed by atoms with van der Waals surface area (Å²) in [6, 6.07) is 3.52. The largest absolute Gasteiger partial charge is 0.382 e. The second-order valence-corrected chi connectivity index (χ2v) is 4.68. The van der Waals surface area contributed by atoms with Crippen molar-refractivity contribution in [3.05, 3.63) is 32.9 Å². The Morgan fingerprint density at radius 2 is 2.24 bits per heavy atom. The quantitative estimate of drug-likeness (QED) is 0.507. The van der Waals surface area contributed by atoms with Gasteiger partial charge in [-0.3, -0.25) is 10.1 Å². The van der Waals surface area contributed by atoms with Gasteiger partial charge in [0.1, 0.15) is 11.9 Å². The van der Waals surface area contributed by atoms with Crippen molar-refractivity contribution in [2.75, 3.05) is 12.4 Å². The van der Waals surface area contributed by atoms with Crippen LogP contribution in [-0.4, -0.2) is 17.0 Å². The fraction of sp³-hybridized carbons (Fsp3) is 0.100. The fourth-order valence-electron chi connectivity index (χ4n) is 1.59. The lowest BCUT2D eigenvalue weighted by molar-refractivity contribution is -0.384. The minimum Gasteiger partial charge on any atom is -0.382 e. The molecule has 1 heterocycles. The zero-order chi connectivity index (χ0) is 12.6. The van der Waals surface area contributed by atoms with Gasteiger partial charge in [-0.05, 0) is 28.1 Å². The van der Waals surface area contributed by atoms with E-state index in [0.29, 0.717) is 16.6 Å². The number of nitrogens with zero attached hydrogens (tertiary/aromatic N) is 2. The van der Waals surface area contributed by atoms with Gasteiger partial charge in [-0.15, -0.1) is 12.6 Å². The third kappa shape index (κ3) is 2.07. The fourth-order valence-corrected chi connectivity index (χ4v) is 2.12. The Morgan fingerprint density at radius 3 is 2.82 bits per heavy atom. The molecule has 0 saturated carbocycles. The number of thiol groups is 1. The Labute approximate surface area is 111 Å². The molecular formula is C10H8BrN3O2S. The molecule has 0 aliphatic heterocycles. The van der Waals surface area contributed by atoms with E-state index in [1.807, 2.05) is 0 Å². The summed E-state index contributed by atoms with van der Waals surface area (Å²) in [6.45, 7) is 0. The zero-order valence-corrected chi connectivity index (χ0v) is 11.2. The number of nitrogens with one attached hydrogen (secondary N) is 1. The molecule has 0 bridgehead atoms. The van der Waals surface area contributed by atoms with Crippen LogP contribution < -0.4 is 5.32 Å². The topological polar surface area (TPSA) is 68.1 Å². The Bertz CT molecular complexity index is 618. The molecule has 7 heteroatoms. The highest BCUT2D eigenvalue weighted by atomic mass is 79.9. The third-order valence-electron chi connectivity index (χ3n) is 2.36. The average Bonchev–Trinajstić information content (AvgIpc) is 2.29. The van der Waals surface area contributed by atoms with Gasteiger partial charge in [-0.2, -0.15) is 0 Å². The van der Waals surface area contributed by atoms with Crippen LogP contribution in [0.25, 0.3) is 10.9 Å². The first-order chi connectivity index (χ1) is 8.04. The minimum atomic E-state index is -0.458. The van der Waals surface area contributed by atoms with Crippen LogP contribution in [0.1, 0.15) is 0 Å². The molecule has 0 fully saturated rings. The number of pyridine rings is 1. The van der Waals surface area contributed by atoms with Gasteiger partial charge in [0.25, 0.3) is 0 Å². The van der Waals surface area contributed by atoms with Crippen molar-refractivity contribution in [3.8, 4) is 0 Å². The van der Waals surface area contributed by atoms with Gasteiger partial charge < -0.3 is 5.32 Å². The van der Waals surface area contributed by atoms with Crippen molar-refractivity contribution in [1.29, 1.82) is 0 Å². The number of benzene rings is 1. The van der Waals surface area contributed by atoms with E-state index in [1.54, 1.807) is 19.2 Å². The molecule has 1 aromatic carbocycles. The maximum absolute atomic E-state index is 10.9. The molecule has 0 saturated heterocycles. The van der Waals surface area contributed by atoms with E-state index in [2.05, 4.69) is 38.9 Å². The number of halogens is 1. The standard InChI is InChI=1S/C10H8BrN3O2S/c1-12-10-5-2-6(11)9(17)3-7(5)13-4-8(10)14(15)16/h2-4,17H,1H3,(H,12,13). The summed E-state index contributed by atoms with van der Waals surface area (Å²) >= 11 is 7.60. The van der Waals surface area contributed by atoms with E-state index in [9.17, 15) is 10.1 Å². The summed E-state index contributed by atoms with van der Waals surface area (Å²) in [4.78, 5) is 15.2. The molecule has 88 valence electrons. The highest BCUT2D eigenvalue weighted by molar-refractivity contribution is 9.10. The molecule has 2 aromatic rings. The molecule has 0 atom stereocenters. The molecular weight excluding hydrogens is 306 g/mol. The number of hydrogen-bond acceptors (Lipinski definition) is 5. The van der Waals surface area contributed by atoms with Crippen LogP contribution in [0, 0.1) is 10.1 Å². The summed E-state index contributed by atoms with van der Waals surface area (Å²) in [5.74, 6) is 0. The van der Waals surface area contributed by atoms with Gasteiger partial charge >= 0.3 is 5.69 Å². The van der Waals surface area contributed by atoms with E-state index < -0.39 is 4.92 Å². The zero-order valence-electron chi connectivity index (χ0n) is 8.77. The van der Waals surface area contributed by atoms with Gasteiger partial charge in [0, 0.05) is 21.8 Å². The van der Waals surface area contributed by atoms with Gasteiger partial charge in [0.05, 0.1) is 10.4 Å². The molecule has 0 spiro atoms. The van der Waals surface area contributed by atoms with Crippen molar-refractivity contribution in [1.82, 2.24) is 4.98 Å². The van der Waals surface area contributed by atoms with Crippen LogP contribution >= 0.6 is 28.6 Å². The smallest absolute Gasteiger partial charge is 0.311 e. The van der Waals surface area contributed by atoms with Crippen LogP contribution in [0.3, 0.4) is 0 Å². The van der Waals surface area contributed by atoms with Crippen molar-refractivity contribution in [3.63, 3.8) is 0 Å². The summed E-state index contributed by atoms with van der Waals surface area (Å²) in [5.41, 5.74) is 1.07. The molecule has 1 aromatic heterocycles. The minimum absolute atomic E-state index is 0.0428. The number of anilines is 1. The molecule has 2 rings (SSSR count). The van der Waals surface area contributed by atoms with E-state index >= 15 is 0 Å². The van der Waals surface area contributed by atoms with E-state index in [1.165, 1.54) is 6.20 Å². The van der Waals surface area contributed by atoms with Gasteiger partial charge in [-0.25, -0.2) is 4.98 Å². The van der Waals surface area contributed by atoms with Gasteiger partial charge in [-0.1, -0.05) is 0 Å². The van der Waals surface area contributed by atoms with Crippen molar-refractivity contribution >= 4 is 50.8 Å². The molecule has 0 aliphatic rings. The highest BCUT2D eigenvalue weighted by Gasteiger charge is 2.17. The average molecular weight is 314 g/mol. The SMILES string of the molecule is CNc1c([N+](=O)[O-])cnc2cc(S)c(Br)cc12. The van der Waals surface area contributed by atoms with Crippen LogP contribution in [-0.2, 0) is 0 Å². The van der Waals surface area contributed by atoms with Crippen LogP contribution in [0.4, 0.5) is 11.4 Å². The lowest BCUT2D eigenvalue weighted by Gasteiger charge is -2.07. The lowest BCUT2D eigenvalue weighted by Crippen LogP contribution is -1.99. The van der Waals surface area contributed by atoms with Crippen LogP contribution in [0.5, 0.6) is 0 Å². The van der Waals surface area contributed by atoms with Gasteiger partial charge in [0.2, 0.25) is 0 Å². The number of nitro groups is 1. The first-order valence-electron chi connectivity index (χ1n) is 4.68. The molecule has 0 aliphatic carbocycles. The van der Waals surface area contributed by atoms with Crippen molar-refractivity contribution in [2.45, 2.75) is 4.90 Å². The van der Waals surface area contributed by atoms with Crippen LogP contribution in [0.2, 0.25) is 0 Å². The second-order valence-electron chi connectivity index (χ2n) is 3.35. The van der Waals surface area contributed by atoms with E-state index in [4.69, 9.17) is 0 Å². The maximum atomic E-state index is 10.9. The monoisotopic (exact) mass is 313 g/mol. The summed E-state index contributed by atoms with van der Waals surface area (Å²) in [7, 11) is 1.64. The molecule has 0 unspecified atom stereocenters. The molecule has 5 nitrogen and oxygen atoms in total. The molecule has 1 N–H and O–H groups in total. The normalized spacial score (nSPS) is 10.5. The predicted octanol–water partition coefficient (Wildman–Crippen LogP) is 3.24. The Kier molecular flexibility index (Phi) is 3.21. The highest BCUT2D eigenvalue weighted by Crippen LogP contribution is 2.35. The Morgan fingerprint density at radius 1 is 1.53 bits per heavy atom. The number of aromatic nitrogens is 1. The first kappa shape index (κ1) is 12.1. The molecule has 0 radical (unpaired) electrons. The molecule has 17 heavy (non-hydrogen) atoms. The summed E-state index contributed by atoms with van der Waals surface area (Å²) in [5, 5.41) is 14.4. The first-order valence-corrected chi connectivity index (χ1v) is 5.92. The van der Waals surface area contributed by atoms with E-state index in [-0.39, 0.29) is 5.69 Å². The summed E-state index contributed by atoms with van der Waals surface area (Å²) < 4.78 is 0.770. The Balaban J connectivity index is 2.85. The van der Waals surface area contributed by atoms with Crippen LogP contribution in [0.15, 0.2) is 27.7 Å². The number of hydrogen-bond donors (Lipinski definition) is 2. The predicted molar refractivity (Wildman–Crippen MR) is 72.9 cm³/mol. The summed E-state index contributed by atoms with van der Waals surface area (Å²) in [6.07, 6.45) is 1.25. The van der Waals surface area contributed by atoms with Gasteiger partial charge in [0.15, 0.2) is 0 Å². The Hall–Kier alpha value is -1.34. The number of rotatable bonds is 2. The van der Waals surface area contributed by atoms with Crippen molar-refractivity contribution < 1.29 is 4.92 Å². The third-order valence-corrected chi connectivity index (χ3v) is 3.70. The number of fused-ring (bicyclic) bond motifs is 1. The molecule has 0 amide bonds. The lowest BCUT2D eigenvalue weighted by atomic mass is 10.1. The van der Waals surface area contributed by atoms with E-state index in [0.717, 1.165) is 9.37 Å².